The number of hydrogen-bond donors (Lipinski definition) is 2. The zero-order valence-electron chi connectivity index (χ0n) is 9.60. The fourth-order valence-electron chi connectivity index (χ4n) is 1.72. The first-order chi connectivity index (χ1) is 8.16. The number of hydrogen-bond acceptors (Lipinski definition) is 2. The highest BCUT2D eigenvalue weighted by Crippen LogP contribution is 2.29. The highest BCUT2D eigenvalue weighted by atomic mass is 16.1. The number of carbonyl (C=O) groups is 1. The number of carbonyl (C=O) groups excluding carboxylic acids is 1. The highest BCUT2D eigenvalue weighted by molar-refractivity contribution is 5.94. The first-order valence-electron chi connectivity index (χ1n) is 5.39. The third-order valence-corrected chi connectivity index (χ3v) is 2.44. The van der Waals surface area contributed by atoms with Crippen molar-refractivity contribution in [2.75, 3.05) is 11.1 Å². The molecule has 0 radical (unpaired) electrons. The van der Waals surface area contributed by atoms with Crippen molar-refractivity contribution in [2.24, 2.45) is 0 Å². The van der Waals surface area contributed by atoms with Crippen molar-refractivity contribution in [1.82, 2.24) is 0 Å². The van der Waals surface area contributed by atoms with Crippen LogP contribution in [0.4, 0.5) is 11.4 Å². The van der Waals surface area contributed by atoms with Gasteiger partial charge in [0.25, 0.3) is 0 Å². The number of nitrogens with two attached hydrogens (primary N) is 1. The molecule has 3 N–H and O–H groups in total. The Labute approximate surface area is 100 Å². The molecule has 3 nitrogen and oxygen atoms in total. The normalized spacial score (nSPS) is 9.94. The van der Waals surface area contributed by atoms with Gasteiger partial charge in [0.15, 0.2) is 0 Å². The van der Waals surface area contributed by atoms with Gasteiger partial charge >= 0.3 is 0 Å². The number of amides is 1. The third-order valence-electron chi connectivity index (χ3n) is 2.44. The van der Waals surface area contributed by atoms with Gasteiger partial charge in [0.1, 0.15) is 0 Å². The lowest BCUT2D eigenvalue weighted by atomic mass is 10.0. The zero-order valence-corrected chi connectivity index (χ0v) is 9.60. The summed E-state index contributed by atoms with van der Waals surface area (Å²) in [5.74, 6) is -0.0908. The molecule has 0 heterocycles. The lowest BCUT2D eigenvalue weighted by molar-refractivity contribution is -0.114. The Kier molecular flexibility index (Phi) is 3.10. The molecule has 0 atom stereocenters. The Morgan fingerprint density at radius 2 is 1.82 bits per heavy atom. The van der Waals surface area contributed by atoms with Gasteiger partial charge in [-0.3, -0.25) is 4.79 Å². The predicted octanol–water partition coefficient (Wildman–Crippen LogP) is 2.89. The lowest BCUT2D eigenvalue weighted by Gasteiger charge is -2.11. The molecule has 0 saturated heterocycles. The van der Waals surface area contributed by atoms with Gasteiger partial charge in [-0.15, -0.1) is 0 Å². The van der Waals surface area contributed by atoms with E-state index < -0.39 is 0 Å². The summed E-state index contributed by atoms with van der Waals surface area (Å²) in [4.78, 5) is 11.1. The van der Waals surface area contributed by atoms with Crippen molar-refractivity contribution < 1.29 is 4.79 Å². The summed E-state index contributed by atoms with van der Waals surface area (Å²) >= 11 is 0. The summed E-state index contributed by atoms with van der Waals surface area (Å²) in [7, 11) is 0. The van der Waals surface area contributed by atoms with Gasteiger partial charge in [-0.05, 0) is 23.8 Å². The molecule has 0 aromatic heterocycles. The molecule has 0 saturated carbocycles. The molecule has 2 rings (SSSR count). The molecule has 0 aliphatic rings. The topological polar surface area (TPSA) is 55.1 Å². The van der Waals surface area contributed by atoms with Gasteiger partial charge < -0.3 is 11.1 Å². The first-order valence-corrected chi connectivity index (χ1v) is 5.39. The van der Waals surface area contributed by atoms with E-state index in [-0.39, 0.29) is 5.91 Å². The second-order valence-corrected chi connectivity index (χ2v) is 3.85. The number of rotatable bonds is 2. The predicted molar refractivity (Wildman–Crippen MR) is 70.6 cm³/mol. The molecule has 3 heteroatoms. The summed E-state index contributed by atoms with van der Waals surface area (Å²) in [5, 5.41) is 2.80. The number of benzene rings is 2. The Morgan fingerprint density at radius 3 is 2.47 bits per heavy atom. The van der Waals surface area contributed by atoms with Gasteiger partial charge in [0.05, 0.1) is 0 Å². The van der Waals surface area contributed by atoms with E-state index in [9.17, 15) is 4.79 Å². The number of anilines is 2. The second-order valence-electron chi connectivity index (χ2n) is 3.85. The Hall–Kier alpha value is -2.29. The monoisotopic (exact) mass is 226 g/mol. The van der Waals surface area contributed by atoms with E-state index >= 15 is 0 Å². The van der Waals surface area contributed by atoms with Crippen molar-refractivity contribution in [3.63, 3.8) is 0 Å². The molecule has 2 aromatic carbocycles. The van der Waals surface area contributed by atoms with E-state index in [2.05, 4.69) is 5.32 Å². The summed E-state index contributed by atoms with van der Waals surface area (Å²) in [6, 6.07) is 15.3. The van der Waals surface area contributed by atoms with Crippen molar-refractivity contribution in [3.05, 3.63) is 48.5 Å². The van der Waals surface area contributed by atoms with E-state index in [1.165, 1.54) is 6.92 Å². The largest absolute Gasteiger partial charge is 0.399 e. The van der Waals surface area contributed by atoms with Crippen molar-refractivity contribution >= 4 is 17.3 Å². The molecular formula is C14H14N2O. The molecule has 0 unspecified atom stereocenters. The maximum absolute atomic E-state index is 11.1. The summed E-state index contributed by atoms with van der Waals surface area (Å²) < 4.78 is 0. The molecule has 2 aromatic rings. The quantitative estimate of drug-likeness (QED) is 0.773. The van der Waals surface area contributed by atoms with Gasteiger partial charge in [-0.1, -0.05) is 30.3 Å². The van der Waals surface area contributed by atoms with Crippen LogP contribution in [0.1, 0.15) is 6.92 Å². The first kappa shape index (κ1) is 11.2. The van der Waals surface area contributed by atoms with E-state index in [0.29, 0.717) is 5.69 Å². The molecule has 0 aliphatic carbocycles. The van der Waals surface area contributed by atoms with Crippen molar-refractivity contribution in [2.45, 2.75) is 6.92 Å². The second kappa shape index (κ2) is 4.70. The zero-order chi connectivity index (χ0) is 12.3. The van der Waals surface area contributed by atoms with Crippen LogP contribution in [0, 0.1) is 0 Å². The molecule has 0 aliphatic heterocycles. The van der Waals surface area contributed by atoms with Crippen LogP contribution < -0.4 is 11.1 Å². The summed E-state index contributed by atoms with van der Waals surface area (Å²) in [6.45, 7) is 1.49. The van der Waals surface area contributed by atoms with Crippen LogP contribution in [0.25, 0.3) is 11.1 Å². The minimum atomic E-state index is -0.0908. The van der Waals surface area contributed by atoms with E-state index in [4.69, 9.17) is 5.73 Å². The highest BCUT2D eigenvalue weighted by Gasteiger charge is 2.06. The number of nitrogens with one attached hydrogen (secondary N) is 1. The number of nitrogen functional groups attached to an aromatic ring is 1. The van der Waals surface area contributed by atoms with Gasteiger partial charge in [-0.25, -0.2) is 0 Å². The van der Waals surface area contributed by atoms with Crippen molar-refractivity contribution in [3.8, 4) is 11.1 Å². The van der Waals surface area contributed by atoms with E-state index in [1.807, 2.05) is 42.5 Å². The fraction of sp³-hybridized carbons (Fsp3) is 0.0714. The van der Waals surface area contributed by atoms with Crippen molar-refractivity contribution in [1.29, 1.82) is 0 Å². The SMILES string of the molecule is CC(=O)Nc1ccc(N)cc1-c1ccccc1. The lowest BCUT2D eigenvalue weighted by Crippen LogP contribution is -2.07. The van der Waals surface area contributed by atoms with Crippen LogP contribution in [0.2, 0.25) is 0 Å². The Morgan fingerprint density at radius 1 is 1.12 bits per heavy atom. The Balaban J connectivity index is 2.51. The third kappa shape index (κ3) is 2.64. The van der Waals surface area contributed by atoms with Gasteiger partial charge in [-0.2, -0.15) is 0 Å². The summed E-state index contributed by atoms with van der Waals surface area (Å²) in [6.07, 6.45) is 0. The summed E-state index contributed by atoms with van der Waals surface area (Å²) in [5.41, 5.74) is 9.20. The smallest absolute Gasteiger partial charge is 0.221 e. The Bertz CT molecular complexity index is 535. The molecule has 0 spiro atoms. The molecule has 1 amide bonds. The van der Waals surface area contributed by atoms with E-state index in [1.54, 1.807) is 6.07 Å². The molecule has 86 valence electrons. The fourth-order valence-corrected chi connectivity index (χ4v) is 1.72. The van der Waals surface area contributed by atoms with Crippen LogP contribution in [0.3, 0.4) is 0 Å². The maximum atomic E-state index is 11.1. The molecular weight excluding hydrogens is 212 g/mol. The van der Waals surface area contributed by atoms with Crippen LogP contribution in [0.15, 0.2) is 48.5 Å². The molecule has 0 bridgehead atoms. The average molecular weight is 226 g/mol. The maximum Gasteiger partial charge on any atom is 0.221 e. The van der Waals surface area contributed by atoms with Crippen LogP contribution in [-0.2, 0) is 4.79 Å². The van der Waals surface area contributed by atoms with Gasteiger partial charge in [0, 0.05) is 23.9 Å². The van der Waals surface area contributed by atoms with Crippen LogP contribution >= 0.6 is 0 Å². The van der Waals surface area contributed by atoms with Crippen LogP contribution in [-0.4, -0.2) is 5.91 Å². The minimum Gasteiger partial charge on any atom is -0.399 e. The molecule has 17 heavy (non-hydrogen) atoms. The standard InChI is InChI=1S/C14H14N2O/c1-10(17)16-14-8-7-12(15)9-13(14)11-5-3-2-4-6-11/h2-9H,15H2,1H3,(H,16,17). The van der Waals surface area contributed by atoms with E-state index in [0.717, 1.165) is 16.8 Å². The van der Waals surface area contributed by atoms with Gasteiger partial charge in [0.2, 0.25) is 5.91 Å². The average Bonchev–Trinajstić information content (AvgIpc) is 2.32. The van der Waals surface area contributed by atoms with Crippen LogP contribution in [0.5, 0.6) is 0 Å². The molecule has 0 fully saturated rings. The minimum absolute atomic E-state index is 0.0908.